The van der Waals surface area contributed by atoms with Crippen LogP contribution >= 0.6 is 11.9 Å². The fraction of sp³-hybridized carbons (Fsp3) is 0.250. The van der Waals surface area contributed by atoms with Crippen molar-refractivity contribution < 1.29 is 21.6 Å². The molecule has 0 heterocycles. The number of alkyl halides is 3. The van der Waals surface area contributed by atoms with Crippen LogP contribution in [0.3, 0.4) is 0 Å². The fourth-order valence-electron chi connectivity index (χ4n) is 0.868. The molecular formula is C8H8F3NO2S2. The Morgan fingerprint density at radius 2 is 1.69 bits per heavy atom. The molecule has 0 atom stereocenters. The molecule has 0 unspecified atom stereocenters. The molecule has 8 heteroatoms. The van der Waals surface area contributed by atoms with Crippen LogP contribution in [0, 0.1) is 6.92 Å². The quantitative estimate of drug-likeness (QED) is 0.859. The van der Waals surface area contributed by atoms with Gasteiger partial charge < -0.3 is 0 Å². The molecule has 0 aliphatic heterocycles. The maximum absolute atomic E-state index is 11.8. The predicted octanol–water partition coefficient (Wildman–Crippen LogP) is 2.44. The molecule has 16 heavy (non-hydrogen) atoms. The number of rotatable bonds is 3. The molecular weight excluding hydrogens is 263 g/mol. The Kier molecular flexibility index (Phi) is 3.87. The second kappa shape index (κ2) is 4.64. The van der Waals surface area contributed by atoms with Crippen molar-refractivity contribution in [2.24, 2.45) is 0 Å². The largest absolute Gasteiger partial charge is 0.457 e. The Morgan fingerprint density at radius 1 is 1.19 bits per heavy atom. The first-order valence-corrected chi connectivity index (χ1v) is 6.34. The van der Waals surface area contributed by atoms with E-state index in [0.717, 1.165) is 5.56 Å². The molecule has 0 aromatic heterocycles. The van der Waals surface area contributed by atoms with Gasteiger partial charge in [-0.15, -0.1) is 4.13 Å². The van der Waals surface area contributed by atoms with Crippen LogP contribution in [0.4, 0.5) is 13.2 Å². The Hall–Kier alpha value is -0.730. The van der Waals surface area contributed by atoms with Gasteiger partial charge in [0, 0.05) is 11.9 Å². The summed E-state index contributed by atoms with van der Waals surface area (Å²) in [6, 6.07) is 5.50. The molecule has 0 spiro atoms. The lowest BCUT2D eigenvalue weighted by Gasteiger charge is -2.08. The molecule has 3 nitrogen and oxygen atoms in total. The number of hydrogen-bond acceptors (Lipinski definition) is 3. The van der Waals surface area contributed by atoms with E-state index >= 15 is 0 Å². The third kappa shape index (κ3) is 4.03. The van der Waals surface area contributed by atoms with Crippen LogP contribution in [0.2, 0.25) is 0 Å². The van der Waals surface area contributed by atoms with Crippen molar-refractivity contribution in [3.05, 3.63) is 29.8 Å². The number of nitrogens with one attached hydrogen (secondary N) is 1. The van der Waals surface area contributed by atoms with Crippen molar-refractivity contribution in [1.82, 2.24) is 4.13 Å². The number of aryl methyl sites for hydroxylation is 1. The second-order valence-electron chi connectivity index (χ2n) is 2.95. The molecule has 1 aromatic carbocycles. The third-order valence-corrected chi connectivity index (χ3v) is 3.93. The normalized spacial score (nSPS) is 12.8. The van der Waals surface area contributed by atoms with Crippen molar-refractivity contribution >= 4 is 22.0 Å². The molecule has 0 saturated carbocycles. The minimum Gasteiger partial charge on any atom is -0.206 e. The van der Waals surface area contributed by atoms with Gasteiger partial charge in [-0.05, 0) is 19.1 Å². The number of halogens is 3. The lowest BCUT2D eigenvalue weighted by Crippen LogP contribution is -2.21. The molecule has 0 fully saturated rings. The van der Waals surface area contributed by atoms with Gasteiger partial charge in [0.25, 0.3) is 0 Å². The summed E-state index contributed by atoms with van der Waals surface area (Å²) in [7, 11) is -4.12. The van der Waals surface area contributed by atoms with Gasteiger partial charge in [0.15, 0.2) is 0 Å². The van der Waals surface area contributed by atoms with E-state index in [1.165, 1.54) is 28.4 Å². The van der Waals surface area contributed by atoms with Gasteiger partial charge in [-0.3, -0.25) is 0 Å². The van der Waals surface area contributed by atoms with E-state index in [1.54, 1.807) is 6.92 Å². The van der Waals surface area contributed by atoms with E-state index in [1.807, 2.05) is 0 Å². The van der Waals surface area contributed by atoms with Crippen LogP contribution < -0.4 is 4.13 Å². The van der Waals surface area contributed by atoms with Crippen LogP contribution in [0.15, 0.2) is 29.2 Å². The highest BCUT2D eigenvalue weighted by Gasteiger charge is 2.31. The summed E-state index contributed by atoms with van der Waals surface area (Å²) in [5, 5.41) is 0. The van der Waals surface area contributed by atoms with Crippen molar-refractivity contribution in [2.75, 3.05) is 0 Å². The van der Waals surface area contributed by atoms with E-state index in [-0.39, 0.29) is 4.90 Å². The Bertz CT molecular complexity index is 453. The van der Waals surface area contributed by atoms with Gasteiger partial charge in [0.1, 0.15) is 0 Å². The van der Waals surface area contributed by atoms with Crippen molar-refractivity contribution in [3.63, 3.8) is 0 Å². The van der Waals surface area contributed by atoms with E-state index in [9.17, 15) is 21.6 Å². The highest BCUT2D eigenvalue weighted by Crippen LogP contribution is 2.28. The first-order valence-electron chi connectivity index (χ1n) is 4.04. The van der Waals surface area contributed by atoms with Gasteiger partial charge in [0.05, 0.1) is 4.90 Å². The highest BCUT2D eigenvalue weighted by molar-refractivity contribution is 8.09. The monoisotopic (exact) mass is 271 g/mol. The standard InChI is InChI=1S/C8H8F3NO2S2/c1-6-2-4-7(5-3-6)16(13,14)12-15-8(9,10)11/h2-5,12H,1H3. The van der Waals surface area contributed by atoms with Gasteiger partial charge in [-0.25, -0.2) is 8.42 Å². The molecule has 1 N–H and O–H groups in total. The van der Waals surface area contributed by atoms with Crippen LogP contribution in [0.5, 0.6) is 0 Å². The smallest absolute Gasteiger partial charge is 0.206 e. The number of benzene rings is 1. The Labute approximate surface area is 95.2 Å². The van der Waals surface area contributed by atoms with Crippen molar-refractivity contribution in [1.29, 1.82) is 0 Å². The number of sulfonamides is 1. The summed E-state index contributed by atoms with van der Waals surface area (Å²) in [6.07, 6.45) is 0. The van der Waals surface area contributed by atoms with Crippen molar-refractivity contribution in [2.45, 2.75) is 17.3 Å². The molecule has 0 amide bonds. The van der Waals surface area contributed by atoms with Crippen LogP contribution in [0.1, 0.15) is 5.56 Å². The first kappa shape index (κ1) is 13.3. The summed E-state index contributed by atoms with van der Waals surface area (Å²) < 4.78 is 59.5. The van der Waals surface area contributed by atoms with E-state index in [4.69, 9.17) is 0 Å². The summed E-state index contributed by atoms with van der Waals surface area (Å²) in [5.74, 6) is 0. The van der Waals surface area contributed by atoms with Crippen molar-refractivity contribution in [3.8, 4) is 0 Å². The summed E-state index contributed by atoms with van der Waals surface area (Å²) in [6.45, 7) is 1.74. The SMILES string of the molecule is Cc1ccc(S(=O)(=O)NSC(F)(F)F)cc1. The average molecular weight is 271 g/mol. The maximum Gasteiger partial charge on any atom is 0.457 e. The van der Waals surface area contributed by atoms with E-state index in [0.29, 0.717) is 0 Å². The van der Waals surface area contributed by atoms with Gasteiger partial charge in [0.2, 0.25) is 10.0 Å². The maximum atomic E-state index is 11.8. The molecule has 0 aliphatic rings. The molecule has 1 aromatic rings. The van der Waals surface area contributed by atoms with E-state index < -0.39 is 27.5 Å². The minimum atomic E-state index is -4.64. The topological polar surface area (TPSA) is 46.2 Å². The van der Waals surface area contributed by atoms with Crippen LogP contribution in [-0.2, 0) is 10.0 Å². The summed E-state index contributed by atoms with van der Waals surface area (Å²) >= 11 is -0.798. The Morgan fingerprint density at radius 3 is 2.12 bits per heavy atom. The molecule has 0 radical (unpaired) electrons. The number of hydrogen-bond donors (Lipinski definition) is 1. The lowest BCUT2D eigenvalue weighted by molar-refractivity contribution is -0.0331. The average Bonchev–Trinajstić information content (AvgIpc) is 2.15. The zero-order valence-electron chi connectivity index (χ0n) is 8.08. The molecule has 0 saturated heterocycles. The summed E-state index contributed by atoms with van der Waals surface area (Å²) in [4.78, 5) is -0.199. The van der Waals surface area contributed by atoms with Gasteiger partial charge >= 0.3 is 5.51 Å². The fourth-order valence-corrected chi connectivity index (χ4v) is 2.56. The molecule has 90 valence electrons. The predicted molar refractivity (Wildman–Crippen MR) is 55.1 cm³/mol. The third-order valence-electron chi connectivity index (χ3n) is 1.60. The zero-order chi connectivity index (χ0) is 12.4. The van der Waals surface area contributed by atoms with E-state index in [2.05, 4.69) is 0 Å². The zero-order valence-corrected chi connectivity index (χ0v) is 9.71. The van der Waals surface area contributed by atoms with Crippen LogP contribution in [-0.4, -0.2) is 13.9 Å². The van der Waals surface area contributed by atoms with Gasteiger partial charge in [-0.2, -0.15) is 13.2 Å². The summed E-state index contributed by atoms with van der Waals surface area (Å²) in [5.41, 5.74) is -3.82. The van der Waals surface area contributed by atoms with Crippen LogP contribution in [0.25, 0.3) is 0 Å². The molecule has 0 aliphatic carbocycles. The minimum absolute atomic E-state index is 0.199. The molecule has 1 rings (SSSR count). The second-order valence-corrected chi connectivity index (χ2v) is 5.76. The lowest BCUT2D eigenvalue weighted by atomic mass is 10.2. The Balaban J connectivity index is 2.83. The molecule has 0 bridgehead atoms. The first-order chi connectivity index (χ1) is 7.21. The van der Waals surface area contributed by atoms with Gasteiger partial charge in [-0.1, -0.05) is 17.7 Å². The highest BCUT2D eigenvalue weighted by atomic mass is 32.3.